The molecule has 110 valence electrons. The molecule has 5 nitrogen and oxygen atoms in total. The highest BCUT2D eigenvalue weighted by Gasteiger charge is 2.12. The topological polar surface area (TPSA) is 60.3 Å². The molecule has 0 radical (unpaired) electrons. The first kappa shape index (κ1) is 14.8. The van der Waals surface area contributed by atoms with Gasteiger partial charge in [-0.1, -0.05) is 12.1 Å². The molecule has 0 spiro atoms. The number of amides is 1. The summed E-state index contributed by atoms with van der Waals surface area (Å²) in [6.07, 6.45) is 1.74. The van der Waals surface area contributed by atoms with Gasteiger partial charge in [0, 0.05) is 13.2 Å². The van der Waals surface area contributed by atoms with E-state index in [1.165, 1.54) is 11.6 Å². The van der Waals surface area contributed by atoms with E-state index in [1.54, 1.807) is 19.4 Å². The molecule has 1 heterocycles. The molecule has 0 atom stereocenters. The molecule has 2 aromatic rings. The van der Waals surface area contributed by atoms with Gasteiger partial charge in [-0.3, -0.25) is 9.59 Å². The van der Waals surface area contributed by atoms with Gasteiger partial charge in [-0.05, 0) is 36.2 Å². The molecule has 0 saturated heterocycles. The number of hydrogen-bond acceptors (Lipinski definition) is 3. The lowest BCUT2D eigenvalue weighted by molar-refractivity contribution is 0.0961. The number of aromatic nitrogens is 1. The standard InChI is InChI=1S/C16H18N2O3/c1-11-7-14(15(19)17-2)16(20)18(9-11)10-12-5-4-6-13(8-12)21-3/h4-9H,10H2,1-3H3,(H,17,19). The van der Waals surface area contributed by atoms with Crippen LogP contribution in [0.5, 0.6) is 5.75 Å². The maximum Gasteiger partial charge on any atom is 0.263 e. The molecule has 5 heteroatoms. The fourth-order valence-electron chi connectivity index (χ4n) is 2.17. The van der Waals surface area contributed by atoms with Crippen LogP contribution in [0.25, 0.3) is 0 Å². The molecule has 1 N–H and O–H groups in total. The first-order chi connectivity index (χ1) is 10.0. The largest absolute Gasteiger partial charge is 0.497 e. The van der Waals surface area contributed by atoms with Crippen LogP contribution in [0.3, 0.4) is 0 Å². The number of ether oxygens (including phenoxy) is 1. The molecule has 0 bridgehead atoms. The van der Waals surface area contributed by atoms with Gasteiger partial charge in [0.15, 0.2) is 0 Å². The number of carbonyl (C=O) groups excluding carboxylic acids is 1. The number of benzene rings is 1. The Labute approximate surface area is 123 Å². The van der Waals surface area contributed by atoms with Crippen molar-refractivity contribution in [3.05, 3.63) is 63.6 Å². The number of rotatable bonds is 4. The number of methoxy groups -OCH3 is 1. The third-order valence-corrected chi connectivity index (χ3v) is 3.18. The Bertz CT molecular complexity index is 720. The van der Waals surface area contributed by atoms with E-state index in [0.29, 0.717) is 6.54 Å². The Hall–Kier alpha value is -2.56. The summed E-state index contributed by atoms with van der Waals surface area (Å²) in [4.78, 5) is 24.1. The summed E-state index contributed by atoms with van der Waals surface area (Å²) in [5.41, 5.74) is 1.64. The van der Waals surface area contributed by atoms with Crippen LogP contribution in [0.4, 0.5) is 0 Å². The summed E-state index contributed by atoms with van der Waals surface area (Å²) in [5, 5.41) is 2.49. The van der Waals surface area contributed by atoms with Crippen molar-refractivity contribution in [2.45, 2.75) is 13.5 Å². The quantitative estimate of drug-likeness (QED) is 0.928. The number of aryl methyl sites for hydroxylation is 1. The number of nitrogens with one attached hydrogen (secondary N) is 1. The van der Waals surface area contributed by atoms with Crippen molar-refractivity contribution >= 4 is 5.91 Å². The van der Waals surface area contributed by atoms with Crippen LogP contribution in [-0.4, -0.2) is 24.6 Å². The summed E-state index contributed by atoms with van der Waals surface area (Å²) in [7, 11) is 3.11. The first-order valence-corrected chi connectivity index (χ1v) is 6.61. The molecule has 0 fully saturated rings. The second-order valence-electron chi connectivity index (χ2n) is 4.79. The van der Waals surface area contributed by atoms with E-state index >= 15 is 0 Å². The normalized spacial score (nSPS) is 10.2. The van der Waals surface area contributed by atoms with Gasteiger partial charge in [0.2, 0.25) is 0 Å². The lowest BCUT2D eigenvalue weighted by Crippen LogP contribution is -2.31. The zero-order chi connectivity index (χ0) is 15.4. The van der Waals surface area contributed by atoms with E-state index in [4.69, 9.17) is 4.74 Å². The van der Waals surface area contributed by atoms with Crippen LogP contribution in [0.2, 0.25) is 0 Å². The van der Waals surface area contributed by atoms with Crippen molar-refractivity contribution in [2.75, 3.05) is 14.2 Å². The van der Waals surface area contributed by atoms with Crippen LogP contribution in [0.15, 0.2) is 41.3 Å². The van der Waals surface area contributed by atoms with Crippen LogP contribution < -0.4 is 15.6 Å². The van der Waals surface area contributed by atoms with Gasteiger partial charge in [0.25, 0.3) is 11.5 Å². The third kappa shape index (κ3) is 3.31. The minimum absolute atomic E-state index is 0.153. The average Bonchev–Trinajstić information content (AvgIpc) is 2.50. The van der Waals surface area contributed by atoms with E-state index in [0.717, 1.165) is 16.9 Å². The van der Waals surface area contributed by atoms with Gasteiger partial charge < -0.3 is 14.6 Å². The number of nitrogens with zero attached hydrogens (tertiary/aromatic N) is 1. The Morgan fingerprint density at radius 3 is 2.76 bits per heavy atom. The number of carbonyl (C=O) groups is 1. The molecule has 1 amide bonds. The second kappa shape index (κ2) is 6.26. The van der Waals surface area contributed by atoms with E-state index in [9.17, 15) is 9.59 Å². The van der Waals surface area contributed by atoms with Gasteiger partial charge in [-0.25, -0.2) is 0 Å². The highest BCUT2D eigenvalue weighted by Crippen LogP contribution is 2.13. The van der Waals surface area contributed by atoms with Gasteiger partial charge in [0.05, 0.1) is 13.7 Å². The first-order valence-electron chi connectivity index (χ1n) is 6.61. The summed E-state index contributed by atoms with van der Waals surface area (Å²) >= 11 is 0. The molecule has 21 heavy (non-hydrogen) atoms. The molecule has 0 aliphatic heterocycles. The summed E-state index contributed by atoms with van der Waals surface area (Å²) in [6, 6.07) is 9.10. The van der Waals surface area contributed by atoms with Crippen molar-refractivity contribution in [3.8, 4) is 5.75 Å². The zero-order valence-electron chi connectivity index (χ0n) is 12.3. The molecule has 0 aliphatic rings. The molecule has 1 aromatic heterocycles. The SMILES string of the molecule is CNC(=O)c1cc(C)cn(Cc2cccc(OC)c2)c1=O. The van der Waals surface area contributed by atoms with Crippen LogP contribution in [0.1, 0.15) is 21.5 Å². The maximum atomic E-state index is 12.4. The average molecular weight is 286 g/mol. The van der Waals surface area contributed by atoms with Crippen LogP contribution in [0, 0.1) is 6.92 Å². The maximum absolute atomic E-state index is 12.4. The fraction of sp³-hybridized carbons (Fsp3) is 0.250. The molecule has 0 aliphatic carbocycles. The van der Waals surface area contributed by atoms with Crippen LogP contribution in [-0.2, 0) is 6.54 Å². The van der Waals surface area contributed by atoms with Crippen molar-refractivity contribution in [3.63, 3.8) is 0 Å². The Morgan fingerprint density at radius 2 is 2.10 bits per heavy atom. The fourth-order valence-corrected chi connectivity index (χ4v) is 2.17. The van der Waals surface area contributed by atoms with E-state index < -0.39 is 0 Å². The van der Waals surface area contributed by atoms with Gasteiger partial charge in [-0.2, -0.15) is 0 Å². The van der Waals surface area contributed by atoms with Crippen molar-refractivity contribution in [1.29, 1.82) is 0 Å². The summed E-state index contributed by atoms with van der Waals surface area (Å²) in [5.74, 6) is 0.364. The van der Waals surface area contributed by atoms with E-state index in [-0.39, 0.29) is 17.0 Å². The molecule has 2 rings (SSSR count). The number of pyridine rings is 1. The van der Waals surface area contributed by atoms with E-state index in [1.807, 2.05) is 31.2 Å². The second-order valence-corrected chi connectivity index (χ2v) is 4.79. The Kier molecular flexibility index (Phi) is 4.42. The Morgan fingerprint density at radius 1 is 1.33 bits per heavy atom. The number of hydrogen-bond donors (Lipinski definition) is 1. The van der Waals surface area contributed by atoms with E-state index in [2.05, 4.69) is 5.32 Å². The smallest absolute Gasteiger partial charge is 0.263 e. The summed E-state index contributed by atoms with van der Waals surface area (Å²) in [6.45, 7) is 2.25. The van der Waals surface area contributed by atoms with Gasteiger partial charge >= 0.3 is 0 Å². The highest BCUT2D eigenvalue weighted by atomic mass is 16.5. The molecular weight excluding hydrogens is 268 g/mol. The minimum Gasteiger partial charge on any atom is -0.497 e. The minimum atomic E-state index is -0.372. The van der Waals surface area contributed by atoms with Crippen LogP contribution >= 0.6 is 0 Å². The lowest BCUT2D eigenvalue weighted by Gasteiger charge is -2.10. The monoisotopic (exact) mass is 286 g/mol. The van der Waals surface area contributed by atoms with Crippen molar-refractivity contribution in [1.82, 2.24) is 9.88 Å². The van der Waals surface area contributed by atoms with Gasteiger partial charge in [0.1, 0.15) is 11.3 Å². The molecule has 1 aromatic carbocycles. The van der Waals surface area contributed by atoms with Gasteiger partial charge in [-0.15, -0.1) is 0 Å². The lowest BCUT2D eigenvalue weighted by atomic mass is 10.1. The predicted molar refractivity (Wildman–Crippen MR) is 80.9 cm³/mol. The highest BCUT2D eigenvalue weighted by molar-refractivity contribution is 5.93. The summed E-state index contributed by atoms with van der Waals surface area (Å²) < 4.78 is 6.71. The van der Waals surface area contributed by atoms with Crippen molar-refractivity contribution in [2.24, 2.45) is 0 Å². The zero-order valence-corrected chi connectivity index (χ0v) is 12.3. The van der Waals surface area contributed by atoms with Crippen molar-refractivity contribution < 1.29 is 9.53 Å². The molecule has 0 unspecified atom stereocenters. The third-order valence-electron chi connectivity index (χ3n) is 3.18. The predicted octanol–water partition coefficient (Wildman–Crippen LogP) is 1.57. The molecule has 0 saturated carbocycles. The Balaban J connectivity index is 2.42. The molecular formula is C16H18N2O3.